The molecule has 0 saturated heterocycles. The smallest absolute Gasteiger partial charge is 0.264 e. The first-order chi connectivity index (χ1) is 14.7. The van der Waals surface area contributed by atoms with Crippen LogP contribution in [0, 0.1) is 12.7 Å². The molecule has 0 bridgehead atoms. The Morgan fingerprint density at radius 2 is 1.81 bits per heavy atom. The molecule has 3 aromatic rings. The molecule has 1 aliphatic heterocycles. The molecule has 160 valence electrons. The standard InChI is InChI=1S/C23H20ClFN2O3S/c1-14-3-7-19(8-4-14)31(29,30)27-15(2)11-17-12-16(5-10-22(17)27)23(28)26-18-6-9-21(25)20(24)13-18/h3-10,12-13,15H,11H2,1-2H3,(H,26,28)/t15-/m0/s1. The summed E-state index contributed by atoms with van der Waals surface area (Å²) in [7, 11) is -3.73. The van der Waals surface area contributed by atoms with Crippen LogP contribution in [0.5, 0.6) is 0 Å². The minimum Gasteiger partial charge on any atom is -0.322 e. The van der Waals surface area contributed by atoms with E-state index in [0.29, 0.717) is 23.4 Å². The average Bonchev–Trinajstić information content (AvgIpc) is 3.06. The Labute approximate surface area is 185 Å². The van der Waals surface area contributed by atoms with Crippen LogP contribution in [0.1, 0.15) is 28.4 Å². The van der Waals surface area contributed by atoms with Crippen LogP contribution in [-0.2, 0) is 16.4 Å². The fraction of sp³-hybridized carbons (Fsp3) is 0.174. The first-order valence-electron chi connectivity index (χ1n) is 9.67. The molecule has 1 atom stereocenters. The highest BCUT2D eigenvalue weighted by Crippen LogP contribution is 2.37. The largest absolute Gasteiger partial charge is 0.322 e. The molecule has 1 amide bonds. The van der Waals surface area contributed by atoms with Crippen molar-refractivity contribution >= 4 is 38.9 Å². The van der Waals surface area contributed by atoms with Gasteiger partial charge in [0.25, 0.3) is 15.9 Å². The van der Waals surface area contributed by atoms with Crippen molar-refractivity contribution in [2.45, 2.75) is 31.2 Å². The number of benzene rings is 3. The van der Waals surface area contributed by atoms with Crippen molar-refractivity contribution in [2.75, 3.05) is 9.62 Å². The third kappa shape index (κ3) is 4.03. The van der Waals surface area contributed by atoms with E-state index in [0.717, 1.165) is 11.1 Å². The van der Waals surface area contributed by atoms with Gasteiger partial charge in [-0.25, -0.2) is 12.8 Å². The number of sulfonamides is 1. The molecule has 5 nitrogen and oxygen atoms in total. The van der Waals surface area contributed by atoms with Crippen molar-refractivity contribution in [1.29, 1.82) is 0 Å². The number of anilines is 2. The SMILES string of the molecule is Cc1ccc(S(=O)(=O)N2c3ccc(C(=O)Nc4ccc(F)c(Cl)c4)cc3C[C@@H]2C)cc1. The molecule has 8 heteroatoms. The second kappa shape index (κ2) is 7.98. The van der Waals surface area contributed by atoms with E-state index in [-0.39, 0.29) is 16.0 Å². The summed E-state index contributed by atoms with van der Waals surface area (Å²) in [5.74, 6) is -0.959. The fourth-order valence-electron chi connectivity index (χ4n) is 3.71. The maximum Gasteiger partial charge on any atom is 0.264 e. The van der Waals surface area contributed by atoms with E-state index < -0.39 is 21.7 Å². The van der Waals surface area contributed by atoms with Gasteiger partial charge in [-0.15, -0.1) is 0 Å². The number of nitrogens with zero attached hydrogens (tertiary/aromatic N) is 1. The van der Waals surface area contributed by atoms with Crippen molar-refractivity contribution in [3.8, 4) is 0 Å². The lowest BCUT2D eigenvalue weighted by Gasteiger charge is -2.24. The van der Waals surface area contributed by atoms with Crippen molar-refractivity contribution < 1.29 is 17.6 Å². The van der Waals surface area contributed by atoms with Gasteiger partial charge >= 0.3 is 0 Å². The monoisotopic (exact) mass is 458 g/mol. The molecule has 3 aromatic carbocycles. The second-order valence-corrected chi connectivity index (χ2v) is 9.82. The van der Waals surface area contributed by atoms with E-state index in [1.165, 1.54) is 22.5 Å². The molecular weight excluding hydrogens is 439 g/mol. The van der Waals surface area contributed by atoms with E-state index in [1.807, 2.05) is 13.8 Å². The van der Waals surface area contributed by atoms with Crippen molar-refractivity contribution in [3.05, 3.63) is 88.2 Å². The molecule has 0 spiro atoms. The summed E-state index contributed by atoms with van der Waals surface area (Å²) >= 11 is 5.77. The average molecular weight is 459 g/mol. The summed E-state index contributed by atoms with van der Waals surface area (Å²) < 4.78 is 41.2. The summed E-state index contributed by atoms with van der Waals surface area (Å²) in [6.07, 6.45) is 0.490. The fourth-order valence-corrected chi connectivity index (χ4v) is 5.58. The third-order valence-corrected chi connectivity index (χ3v) is 7.48. The zero-order valence-corrected chi connectivity index (χ0v) is 18.5. The number of aryl methyl sites for hydroxylation is 1. The zero-order valence-electron chi connectivity index (χ0n) is 16.9. The molecular formula is C23H20ClFN2O3S. The van der Waals surface area contributed by atoms with E-state index in [2.05, 4.69) is 5.32 Å². The molecule has 0 fully saturated rings. The Bertz CT molecular complexity index is 1280. The minimum atomic E-state index is -3.73. The third-order valence-electron chi connectivity index (χ3n) is 5.25. The van der Waals surface area contributed by atoms with Gasteiger partial charge in [0.1, 0.15) is 5.82 Å². The molecule has 0 aliphatic carbocycles. The van der Waals surface area contributed by atoms with Crippen LogP contribution < -0.4 is 9.62 Å². The van der Waals surface area contributed by atoms with Crippen LogP contribution in [0.4, 0.5) is 15.8 Å². The normalized spacial score (nSPS) is 15.6. The zero-order chi connectivity index (χ0) is 22.3. The summed E-state index contributed by atoms with van der Waals surface area (Å²) in [6.45, 7) is 3.74. The molecule has 1 aliphatic rings. The van der Waals surface area contributed by atoms with Crippen LogP contribution in [0.3, 0.4) is 0 Å². The van der Waals surface area contributed by atoms with Crippen LogP contribution in [0.25, 0.3) is 0 Å². The van der Waals surface area contributed by atoms with Gasteiger partial charge in [-0.2, -0.15) is 0 Å². The number of carbonyl (C=O) groups is 1. The molecule has 1 N–H and O–H groups in total. The lowest BCUT2D eigenvalue weighted by molar-refractivity contribution is 0.102. The first kappa shape index (κ1) is 21.3. The highest BCUT2D eigenvalue weighted by atomic mass is 35.5. The highest BCUT2D eigenvalue weighted by Gasteiger charge is 2.36. The van der Waals surface area contributed by atoms with Crippen molar-refractivity contribution in [3.63, 3.8) is 0 Å². The Kier molecular flexibility index (Phi) is 5.49. The Hall–Kier alpha value is -2.90. The molecule has 31 heavy (non-hydrogen) atoms. The molecule has 1 heterocycles. The first-order valence-corrected chi connectivity index (χ1v) is 11.5. The molecule has 0 unspecified atom stereocenters. The maximum atomic E-state index is 13.3. The number of nitrogens with one attached hydrogen (secondary N) is 1. The minimum absolute atomic E-state index is 0.0856. The Morgan fingerprint density at radius 1 is 1.10 bits per heavy atom. The van der Waals surface area contributed by atoms with Gasteiger partial charge in [-0.05, 0) is 74.4 Å². The van der Waals surface area contributed by atoms with E-state index in [1.54, 1.807) is 42.5 Å². The van der Waals surface area contributed by atoms with Crippen LogP contribution in [0.2, 0.25) is 5.02 Å². The van der Waals surface area contributed by atoms with Crippen molar-refractivity contribution in [1.82, 2.24) is 0 Å². The lowest BCUT2D eigenvalue weighted by atomic mass is 10.1. The number of hydrogen-bond acceptors (Lipinski definition) is 3. The van der Waals surface area contributed by atoms with Gasteiger partial charge in [0.2, 0.25) is 0 Å². The van der Waals surface area contributed by atoms with Gasteiger partial charge < -0.3 is 5.32 Å². The number of amides is 1. The van der Waals surface area contributed by atoms with E-state index >= 15 is 0 Å². The lowest BCUT2D eigenvalue weighted by Crippen LogP contribution is -2.35. The number of hydrogen-bond donors (Lipinski definition) is 1. The van der Waals surface area contributed by atoms with E-state index in [4.69, 9.17) is 11.6 Å². The van der Waals surface area contributed by atoms with Crippen LogP contribution in [0.15, 0.2) is 65.6 Å². The summed E-state index contributed by atoms with van der Waals surface area (Å²) in [5.41, 5.74) is 3.06. The Morgan fingerprint density at radius 3 is 2.48 bits per heavy atom. The van der Waals surface area contributed by atoms with Crippen LogP contribution in [-0.4, -0.2) is 20.4 Å². The van der Waals surface area contributed by atoms with Gasteiger partial charge in [-0.1, -0.05) is 29.3 Å². The predicted molar refractivity (Wildman–Crippen MR) is 120 cm³/mol. The number of rotatable bonds is 4. The molecule has 4 rings (SSSR count). The summed E-state index contributed by atoms with van der Waals surface area (Å²) in [6, 6.07) is 15.3. The quantitative estimate of drug-likeness (QED) is 0.585. The summed E-state index contributed by atoms with van der Waals surface area (Å²) in [4.78, 5) is 12.9. The molecule has 0 saturated carbocycles. The van der Waals surface area contributed by atoms with Crippen LogP contribution >= 0.6 is 11.6 Å². The number of halogens is 2. The van der Waals surface area contributed by atoms with Crippen molar-refractivity contribution in [2.24, 2.45) is 0 Å². The second-order valence-electron chi connectivity index (χ2n) is 7.59. The van der Waals surface area contributed by atoms with Gasteiger partial charge in [0, 0.05) is 17.3 Å². The molecule has 0 radical (unpaired) electrons. The predicted octanol–water partition coefficient (Wildman–Crippen LogP) is 5.18. The molecule has 0 aromatic heterocycles. The highest BCUT2D eigenvalue weighted by molar-refractivity contribution is 7.92. The van der Waals surface area contributed by atoms with Gasteiger partial charge in [0.05, 0.1) is 15.6 Å². The number of fused-ring (bicyclic) bond motifs is 1. The van der Waals surface area contributed by atoms with Gasteiger partial charge in [0.15, 0.2) is 0 Å². The Balaban J connectivity index is 1.62. The topological polar surface area (TPSA) is 66.5 Å². The maximum absolute atomic E-state index is 13.3. The summed E-state index contributed by atoms with van der Waals surface area (Å²) in [5, 5.41) is 2.59. The number of carbonyl (C=O) groups excluding carboxylic acids is 1. The van der Waals surface area contributed by atoms with Gasteiger partial charge in [-0.3, -0.25) is 9.10 Å². The van der Waals surface area contributed by atoms with E-state index in [9.17, 15) is 17.6 Å².